The van der Waals surface area contributed by atoms with Crippen LogP contribution in [0.3, 0.4) is 0 Å². The van der Waals surface area contributed by atoms with Gasteiger partial charge in [0.05, 0.1) is 10.2 Å². The highest BCUT2D eigenvalue weighted by Crippen LogP contribution is 2.30. The summed E-state index contributed by atoms with van der Waals surface area (Å²) in [5, 5.41) is 9.35. The Morgan fingerprint density at radius 1 is 0.975 bits per heavy atom. The van der Waals surface area contributed by atoms with E-state index in [1.54, 1.807) is 6.08 Å². The standard InChI is InChI=1S/C32H25N5O2S/c1-3-18-39-26-15-16-27(22(2)19-26)30-24(21-36(35-30)25-12-8-5-9-13-25)20-28-31(38)37-32(40-28)33-29(34-37)17-14-23-10-6-4-7-11-23/h3-17,19-21H,1,18H2,2H3. The second-order valence-electron chi connectivity index (χ2n) is 9.11. The van der Waals surface area contributed by atoms with Gasteiger partial charge in [-0.3, -0.25) is 4.79 Å². The van der Waals surface area contributed by atoms with Crippen LogP contribution >= 0.6 is 11.3 Å². The van der Waals surface area contributed by atoms with Crippen LogP contribution in [0, 0.1) is 6.92 Å². The minimum atomic E-state index is -0.213. The quantitative estimate of drug-likeness (QED) is 0.234. The highest BCUT2D eigenvalue weighted by atomic mass is 32.1. The van der Waals surface area contributed by atoms with Gasteiger partial charge in [-0.2, -0.15) is 14.6 Å². The summed E-state index contributed by atoms with van der Waals surface area (Å²) in [4.78, 5) is 18.4. The van der Waals surface area contributed by atoms with Crippen molar-refractivity contribution in [3.63, 3.8) is 0 Å². The van der Waals surface area contributed by atoms with Crippen molar-refractivity contribution in [2.75, 3.05) is 6.61 Å². The Labute approximate surface area is 234 Å². The molecule has 6 rings (SSSR count). The molecule has 0 unspecified atom stereocenters. The Kier molecular flexibility index (Phi) is 6.91. The summed E-state index contributed by atoms with van der Waals surface area (Å²) in [5.41, 5.74) is 5.29. The minimum Gasteiger partial charge on any atom is -0.490 e. The molecular weight excluding hydrogens is 518 g/mol. The smallest absolute Gasteiger partial charge is 0.291 e. The van der Waals surface area contributed by atoms with Gasteiger partial charge in [-0.25, -0.2) is 4.68 Å². The van der Waals surface area contributed by atoms with Crippen LogP contribution in [0.15, 0.2) is 103 Å². The molecule has 0 fully saturated rings. The van der Waals surface area contributed by atoms with Crippen LogP contribution in [-0.2, 0) is 0 Å². The lowest BCUT2D eigenvalue weighted by Crippen LogP contribution is -2.23. The average Bonchev–Trinajstić information content (AvgIpc) is 3.66. The number of thiazole rings is 1. The van der Waals surface area contributed by atoms with E-state index in [-0.39, 0.29) is 5.56 Å². The molecule has 3 aromatic carbocycles. The summed E-state index contributed by atoms with van der Waals surface area (Å²) in [5.74, 6) is 1.25. The fourth-order valence-electron chi connectivity index (χ4n) is 4.36. The first-order valence-corrected chi connectivity index (χ1v) is 13.5. The summed E-state index contributed by atoms with van der Waals surface area (Å²) < 4.78 is 9.43. The van der Waals surface area contributed by atoms with E-state index in [1.165, 1.54) is 15.9 Å². The Bertz CT molecular complexity index is 1950. The first-order chi connectivity index (χ1) is 19.6. The number of benzene rings is 3. The lowest BCUT2D eigenvalue weighted by Gasteiger charge is -2.08. The van der Waals surface area contributed by atoms with E-state index in [2.05, 4.69) is 16.7 Å². The van der Waals surface area contributed by atoms with Gasteiger partial charge in [0.15, 0.2) is 5.82 Å². The van der Waals surface area contributed by atoms with Crippen molar-refractivity contribution in [2.45, 2.75) is 6.92 Å². The monoisotopic (exact) mass is 543 g/mol. The number of para-hydroxylation sites is 1. The third-order valence-electron chi connectivity index (χ3n) is 6.29. The molecule has 3 aromatic heterocycles. The fraction of sp³-hybridized carbons (Fsp3) is 0.0625. The van der Waals surface area contributed by atoms with E-state index >= 15 is 0 Å². The van der Waals surface area contributed by atoms with Crippen LogP contribution in [0.2, 0.25) is 0 Å². The molecule has 0 saturated heterocycles. The van der Waals surface area contributed by atoms with Crippen molar-refractivity contribution in [3.05, 3.63) is 135 Å². The van der Waals surface area contributed by atoms with Crippen molar-refractivity contribution < 1.29 is 4.74 Å². The Morgan fingerprint density at radius 3 is 2.48 bits per heavy atom. The zero-order valence-corrected chi connectivity index (χ0v) is 22.6. The number of aromatic nitrogens is 5. The predicted octanol–water partition coefficient (Wildman–Crippen LogP) is 5.60. The van der Waals surface area contributed by atoms with Gasteiger partial charge in [0, 0.05) is 17.3 Å². The predicted molar refractivity (Wildman–Crippen MR) is 161 cm³/mol. The molecule has 8 heteroatoms. The Hall–Kier alpha value is -5.08. The van der Waals surface area contributed by atoms with Gasteiger partial charge >= 0.3 is 0 Å². The highest BCUT2D eigenvalue weighted by Gasteiger charge is 2.16. The third-order valence-corrected chi connectivity index (χ3v) is 7.25. The Balaban J connectivity index is 1.42. The number of rotatable bonds is 8. The average molecular weight is 544 g/mol. The van der Waals surface area contributed by atoms with Crippen molar-refractivity contribution in [1.29, 1.82) is 0 Å². The van der Waals surface area contributed by atoms with Gasteiger partial charge in [-0.05, 0) is 60.5 Å². The van der Waals surface area contributed by atoms with Gasteiger partial charge in [0.25, 0.3) is 5.56 Å². The second-order valence-corrected chi connectivity index (χ2v) is 10.1. The third kappa shape index (κ3) is 5.12. The van der Waals surface area contributed by atoms with Crippen LogP contribution in [0.5, 0.6) is 5.75 Å². The second kappa shape index (κ2) is 11.0. The van der Waals surface area contributed by atoms with Crippen LogP contribution in [0.4, 0.5) is 0 Å². The molecule has 0 aliphatic rings. The minimum absolute atomic E-state index is 0.213. The molecule has 6 aromatic rings. The normalized spacial score (nSPS) is 12.0. The van der Waals surface area contributed by atoms with Crippen LogP contribution < -0.4 is 14.8 Å². The van der Waals surface area contributed by atoms with E-state index in [4.69, 9.17) is 9.84 Å². The van der Waals surface area contributed by atoms with Gasteiger partial charge in [0.1, 0.15) is 18.1 Å². The highest BCUT2D eigenvalue weighted by molar-refractivity contribution is 7.15. The summed E-state index contributed by atoms with van der Waals surface area (Å²) in [6.07, 6.45) is 9.26. The molecule has 0 bridgehead atoms. The van der Waals surface area contributed by atoms with Crippen molar-refractivity contribution >= 4 is 34.5 Å². The number of fused-ring (bicyclic) bond motifs is 1. The number of hydrogen-bond acceptors (Lipinski definition) is 6. The Morgan fingerprint density at radius 2 is 1.75 bits per heavy atom. The summed E-state index contributed by atoms with van der Waals surface area (Å²) in [6, 6.07) is 25.7. The topological polar surface area (TPSA) is 74.3 Å². The maximum Gasteiger partial charge on any atom is 0.291 e. The van der Waals surface area contributed by atoms with E-state index in [0.29, 0.717) is 21.9 Å². The van der Waals surface area contributed by atoms with Crippen molar-refractivity contribution in [2.24, 2.45) is 0 Å². The molecule has 0 radical (unpaired) electrons. The van der Waals surface area contributed by atoms with Gasteiger partial charge < -0.3 is 4.74 Å². The molecule has 0 N–H and O–H groups in total. The van der Waals surface area contributed by atoms with Crippen LogP contribution in [-0.4, -0.2) is 31.0 Å². The lowest BCUT2D eigenvalue weighted by molar-refractivity contribution is 0.363. The van der Waals surface area contributed by atoms with E-state index in [9.17, 15) is 4.79 Å². The fourth-order valence-corrected chi connectivity index (χ4v) is 5.26. The first kappa shape index (κ1) is 25.2. The molecule has 40 heavy (non-hydrogen) atoms. The molecular formula is C32H25N5O2S. The van der Waals surface area contributed by atoms with Crippen molar-refractivity contribution in [3.8, 4) is 22.7 Å². The van der Waals surface area contributed by atoms with E-state index < -0.39 is 0 Å². The lowest BCUT2D eigenvalue weighted by atomic mass is 10.0. The maximum atomic E-state index is 13.3. The molecule has 0 amide bonds. The molecule has 0 saturated carbocycles. The van der Waals surface area contributed by atoms with Crippen LogP contribution in [0.25, 0.3) is 40.1 Å². The van der Waals surface area contributed by atoms with E-state index in [0.717, 1.165) is 39.4 Å². The summed E-state index contributed by atoms with van der Waals surface area (Å²) in [6.45, 7) is 6.17. The molecule has 196 valence electrons. The molecule has 0 aliphatic heterocycles. The van der Waals surface area contributed by atoms with Gasteiger partial charge in [0.2, 0.25) is 4.96 Å². The molecule has 7 nitrogen and oxygen atoms in total. The number of hydrogen-bond donors (Lipinski definition) is 0. The number of aryl methyl sites for hydroxylation is 1. The number of ether oxygens (including phenoxy) is 1. The summed E-state index contributed by atoms with van der Waals surface area (Å²) in [7, 11) is 0. The number of nitrogens with zero attached hydrogens (tertiary/aromatic N) is 5. The van der Waals surface area contributed by atoms with Crippen LogP contribution in [0.1, 0.15) is 22.5 Å². The van der Waals surface area contributed by atoms with Gasteiger partial charge in [-0.15, -0.1) is 5.10 Å². The first-order valence-electron chi connectivity index (χ1n) is 12.7. The SMILES string of the molecule is C=CCOc1ccc(-c2nn(-c3ccccc3)cc2C=c2sc3nc(C=Cc4ccccc4)nn3c2=O)c(C)c1. The van der Waals surface area contributed by atoms with Gasteiger partial charge in [-0.1, -0.05) is 78.6 Å². The maximum absolute atomic E-state index is 13.3. The summed E-state index contributed by atoms with van der Waals surface area (Å²) >= 11 is 1.31. The largest absolute Gasteiger partial charge is 0.490 e. The molecule has 0 atom stereocenters. The molecule has 0 spiro atoms. The molecule has 0 aliphatic carbocycles. The zero-order valence-electron chi connectivity index (χ0n) is 21.8. The van der Waals surface area contributed by atoms with E-state index in [1.807, 2.05) is 115 Å². The molecule has 3 heterocycles. The van der Waals surface area contributed by atoms with Crippen molar-refractivity contribution in [1.82, 2.24) is 24.4 Å². The zero-order chi connectivity index (χ0) is 27.5.